The number of carbonyl (C=O) groups is 1. The highest BCUT2D eigenvalue weighted by Crippen LogP contribution is 2.37. The number of hydrogen-bond acceptors (Lipinski definition) is 3. The third-order valence-electron chi connectivity index (χ3n) is 3.90. The Hall–Kier alpha value is -1.54. The van der Waals surface area contributed by atoms with Crippen molar-refractivity contribution in [3.05, 3.63) is 23.5 Å². The highest BCUT2D eigenvalue weighted by Gasteiger charge is 2.52. The molecule has 2 rings (SSSR count). The van der Waals surface area contributed by atoms with Crippen molar-refractivity contribution in [1.29, 1.82) is 0 Å². The average Bonchev–Trinajstić information content (AvgIpc) is 2.59. The van der Waals surface area contributed by atoms with E-state index in [2.05, 4.69) is 0 Å². The van der Waals surface area contributed by atoms with Crippen LogP contribution in [0.15, 0.2) is 6.07 Å². The summed E-state index contributed by atoms with van der Waals surface area (Å²) in [5, 5.41) is 2.02. The molecule has 1 aliphatic rings. The molecule has 0 unspecified atom stereocenters. The summed E-state index contributed by atoms with van der Waals surface area (Å²) in [4.78, 5) is 10.6. The van der Waals surface area contributed by atoms with Crippen LogP contribution < -0.4 is 10.8 Å². The Morgan fingerprint density at radius 2 is 1.62 bits per heavy atom. The van der Waals surface area contributed by atoms with Crippen LogP contribution in [0.25, 0.3) is 0 Å². The maximum Gasteiger partial charge on any atom is 0.497 e. The van der Waals surface area contributed by atoms with Crippen molar-refractivity contribution in [3.63, 3.8) is 0 Å². The second-order valence-corrected chi connectivity index (χ2v) is 5.80. The number of anilines is 1. The van der Waals surface area contributed by atoms with Gasteiger partial charge in [0, 0.05) is 5.46 Å². The lowest BCUT2D eigenvalue weighted by Gasteiger charge is -2.32. The zero-order valence-corrected chi connectivity index (χ0v) is 12.1. The molecular formula is C13H15BF3NO3. The van der Waals surface area contributed by atoms with Crippen LogP contribution in [0.5, 0.6) is 0 Å². The molecule has 21 heavy (non-hydrogen) atoms. The molecule has 1 aromatic rings. The quantitative estimate of drug-likeness (QED) is 0.527. The molecule has 0 saturated carbocycles. The summed E-state index contributed by atoms with van der Waals surface area (Å²) in [6.07, 6.45) is 0.171. The largest absolute Gasteiger partial charge is 0.497 e. The van der Waals surface area contributed by atoms with Gasteiger partial charge in [-0.2, -0.15) is 0 Å². The van der Waals surface area contributed by atoms with Gasteiger partial charge >= 0.3 is 7.12 Å². The summed E-state index contributed by atoms with van der Waals surface area (Å²) in [5.41, 5.74) is -2.09. The van der Waals surface area contributed by atoms with E-state index in [0.717, 1.165) is 6.07 Å². The maximum atomic E-state index is 13.8. The molecule has 114 valence electrons. The summed E-state index contributed by atoms with van der Waals surface area (Å²) in [6, 6.07) is 0.756. The van der Waals surface area contributed by atoms with Crippen molar-refractivity contribution < 1.29 is 27.3 Å². The maximum absolute atomic E-state index is 13.8. The molecule has 0 aromatic heterocycles. The molecule has 1 aliphatic heterocycles. The Kier molecular flexibility index (Phi) is 3.79. The van der Waals surface area contributed by atoms with Crippen LogP contribution in [0.3, 0.4) is 0 Å². The number of carbonyl (C=O) groups excluding carboxylic acids is 1. The Morgan fingerprint density at radius 3 is 2.10 bits per heavy atom. The van der Waals surface area contributed by atoms with E-state index in [4.69, 9.17) is 9.31 Å². The zero-order valence-electron chi connectivity index (χ0n) is 12.1. The Balaban J connectivity index is 2.52. The number of rotatable bonds is 3. The first-order valence-electron chi connectivity index (χ1n) is 6.34. The van der Waals surface area contributed by atoms with E-state index in [1.54, 1.807) is 27.7 Å². The summed E-state index contributed by atoms with van der Waals surface area (Å²) in [7, 11) is -1.12. The van der Waals surface area contributed by atoms with Gasteiger partial charge in [-0.15, -0.1) is 0 Å². The Labute approximate surface area is 120 Å². The fourth-order valence-electron chi connectivity index (χ4n) is 1.97. The Bertz CT molecular complexity index is 577. The van der Waals surface area contributed by atoms with Crippen molar-refractivity contribution in [2.24, 2.45) is 0 Å². The summed E-state index contributed by atoms with van der Waals surface area (Å²) in [6.45, 7) is 7.04. The first-order chi connectivity index (χ1) is 9.60. The van der Waals surface area contributed by atoms with Crippen molar-refractivity contribution in [1.82, 2.24) is 0 Å². The predicted octanol–water partition coefficient (Wildman–Crippen LogP) is 1.97. The Morgan fingerprint density at radius 1 is 1.10 bits per heavy atom. The minimum Gasteiger partial charge on any atom is -0.399 e. The lowest BCUT2D eigenvalue weighted by Crippen LogP contribution is -2.41. The number of nitrogens with one attached hydrogen (secondary N) is 1. The topological polar surface area (TPSA) is 47.6 Å². The van der Waals surface area contributed by atoms with Crippen molar-refractivity contribution in [2.45, 2.75) is 38.9 Å². The fraction of sp³-hybridized carbons (Fsp3) is 0.462. The molecule has 1 heterocycles. The standard InChI is InChI=1S/C13H15BF3NO3/c1-12(2)13(3,4)21-14(20-12)7-5-8(15)9(16)10(17)11(7)18-6-19/h5-6H,1-4H3,(H,18,19). The van der Waals surface area contributed by atoms with Crippen molar-refractivity contribution in [3.8, 4) is 0 Å². The minimum atomic E-state index is -1.67. The fourth-order valence-corrected chi connectivity index (χ4v) is 1.97. The van der Waals surface area contributed by atoms with Crippen molar-refractivity contribution in [2.75, 3.05) is 5.32 Å². The van der Waals surface area contributed by atoms with Gasteiger partial charge in [0.2, 0.25) is 6.41 Å². The SMILES string of the molecule is CC1(C)OB(c2cc(F)c(F)c(F)c2NC=O)OC1(C)C. The summed E-state index contributed by atoms with van der Waals surface area (Å²) in [5.74, 6) is -4.54. The smallest absolute Gasteiger partial charge is 0.399 e. The van der Waals surface area contributed by atoms with Gasteiger partial charge in [-0.05, 0) is 33.8 Å². The highest BCUT2D eigenvalue weighted by atomic mass is 19.2. The van der Waals surface area contributed by atoms with Crippen LogP contribution in [0.2, 0.25) is 0 Å². The summed E-state index contributed by atoms with van der Waals surface area (Å²) >= 11 is 0. The van der Waals surface area contributed by atoms with Gasteiger partial charge in [0.05, 0.1) is 16.9 Å². The molecule has 1 aromatic carbocycles. The second-order valence-electron chi connectivity index (χ2n) is 5.80. The molecule has 0 spiro atoms. The molecule has 1 amide bonds. The summed E-state index contributed by atoms with van der Waals surface area (Å²) < 4.78 is 51.9. The minimum absolute atomic E-state index is 0.114. The van der Waals surface area contributed by atoms with Crippen LogP contribution >= 0.6 is 0 Å². The number of benzene rings is 1. The normalized spacial score (nSPS) is 19.7. The van der Waals surface area contributed by atoms with Crippen LogP contribution in [0, 0.1) is 17.5 Å². The van der Waals surface area contributed by atoms with E-state index >= 15 is 0 Å². The molecule has 8 heteroatoms. The van der Waals surface area contributed by atoms with Crippen LogP contribution in [-0.2, 0) is 14.1 Å². The lowest BCUT2D eigenvalue weighted by atomic mass is 9.77. The van der Waals surface area contributed by atoms with E-state index in [0.29, 0.717) is 0 Å². The molecule has 0 atom stereocenters. The molecule has 1 fully saturated rings. The van der Waals surface area contributed by atoms with Crippen molar-refractivity contribution >= 4 is 24.7 Å². The molecule has 4 nitrogen and oxygen atoms in total. The van der Waals surface area contributed by atoms with Gasteiger partial charge < -0.3 is 14.6 Å². The average molecular weight is 301 g/mol. The predicted molar refractivity (Wildman–Crippen MR) is 71.7 cm³/mol. The van der Waals surface area contributed by atoms with E-state index in [9.17, 15) is 18.0 Å². The van der Waals surface area contributed by atoms with Gasteiger partial charge in [-0.1, -0.05) is 0 Å². The third kappa shape index (κ3) is 2.53. The van der Waals surface area contributed by atoms with Crippen LogP contribution in [-0.4, -0.2) is 24.7 Å². The number of halogens is 3. The zero-order chi connectivity index (χ0) is 16.0. The first-order valence-corrected chi connectivity index (χ1v) is 6.34. The highest BCUT2D eigenvalue weighted by molar-refractivity contribution is 6.64. The van der Waals surface area contributed by atoms with Gasteiger partial charge in [0.25, 0.3) is 0 Å². The number of hydrogen-bond donors (Lipinski definition) is 1. The lowest BCUT2D eigenvalue weighted by molar-refractivity contribution is -0.105. The van der Waals surface area contributed by atoms with E-state index in [1.165, 1.54) is 0 Å². The van der Waals surface area contributed by atoms with Gasteiger partial charge in [-0.25, -0.2) is 13.2 Å². The van der Waals surface area contributed by atoms with E-state index in [-0.39, 0.29) is 11.9 Å². The van der Waals surface area contributed by atoms with E-state index < -0.39 is 41.5 Å². The second kappa shape index (κ2) is 5.03. The molecule has 0 bridgehead atoms. The van der Waals surface area contributed by atoms with Gasteiger partial charge in [0.15, 0.2) is 17.5 Å². The molecule has 0 radical (unpaired) electrons. The van der Waals surface area contributed by atoms with E-state index in [1.807, 2.05) is 5.32 Å². The molecule has 0 aliphatic carbocycles. The van der Waals surface area contributed by atoms with Gasteiger partial charge in [0.1, 0.15) is 0 Å². The van der Waals surface area contributed by atoms with Gasteiger partial charge in [-0.3, -0.25) is 4.79 Å². The number of amides is 1. The molecule has 1 saturated heterocycles. The third-order valence-corrected chi connectivity index (χ3v) is 3.90. The van der Waals surface area contributed by atoms with Crippen LogP contribution in [0.1, 0.15) is 27.7 Å². The monoisotopic (exact) mass is 301 g/mol. The molecular weight excluding hydrogens is 286 g/mol. The van der Waals surface area contributed by atoms with Crippen LogP contribution in [0.4, 0.5) is 18.9 Å². The molecule has 1 N–H and O–H groups in total. The first kappa shape index (κ1) is 15.8.